The molecular formula is C16H25N3O2. The third-order valence-electron chi connectivity index (χ3n) is 3.87. The van der Waals surface area contributed by atoms with Crippen LogP contribution in [0, 0.1) is 0 Å². The van der Waals surface area contributed by atoms with Crippen molar-refractivity contribution in [1.82, 2.24) is 4.90 Å². The molecule has 1 atom stereocenters. The molecule has 3 N–H and O–H groups in total. The van der Waals surface area contributed by atoms with Crippen molar-refractivity contribution < 1.29 is 9.53 Å². The van der Waals surface area contributed by atoms with E-state index < -0.39 is 0 Å². The predicted octanol–water partition coefficient (Wildman–Crippen LogP) is 1.24. The number of carbonyl (C=O) groups excluding carboxylic acids is 1. The molecule has 1 aromatic carbocycles. The third-order valence-corrected chi connectivity index (χ3v) is 3.87. The van der Waals surface area contributed by atoms with Crippen molar-refractivity contribution in [2.45, 2.75) is 25.8 Å². The van der Waals surface area contributed by atoms with Crippen molar-refractivity contribution in [2.75, 3.05) is 38.2 Å². The highest BCUT2D eigenvalue weighted by Gasteiger charge is 2.12. The van der Waals surface area contributed by atoms with E-state index >= 15 is 0 Å². The second-order valence-corrected chi connectivity index (χ2v) is 5.41. The molecule has 5 nitrogen and oxygen atoms in total. The van der Waals surface area contributed by atoms with Crippen LogP contribution in [0.5, 0.6) is 0 Å². The zero-order chi connectivity index (χ0) is 15.1. The Morgan fingerprint density at radius 1 is 1.33 bits per heavy atom. The van der Waals surface area contributed by atoms with Gasteiger partial charge in [0.2, 0.25) is 5.91 Å². The highest BCUT2D eigenvalue weighted by atomic mass is 16.5. The average Bonchev–Trinajstić information content (AvgIpc) is 2.52. The lowest BCUT2D eigenvalue weighted by atomic mass is 10.1. The Labute approximate surface area is 126 Å². The zero-order valence-electron chi connectivity index (χ0n) is 12.7. The quantitative estimate of drug-likeness (QED) is 0.793. The standard InChI is InChI=1S/C16H25N3O2/c1-2-15(16(17)20)18-14-5-3-13(4-6-14)7-8-19-9-11-21-12-10-19/h3-6,15,18H,2,7-12H2,1H3,(H2,17,20)/t15-/m1/s1. The lowest BCUT2D eigenvalue weighted by Gasteiger charge is -2.26. The summed E-state index contributed by atoms with van der Waals surface area (Å²) in [6, 6.07) is 7.94. The number of nitrogens with two attached hydrogens (primary N) is 1. The Morgan fingerprint density at radius 2 is 2.00 bits per heavy atom. The predicted molar refractivity (Wildman–Crippen MR) is 84.3 cm³/mol. The van der Waals surface area contributed by atoms with Crippen molar-refractivity contribution in [3.63, 3.8) is 0 Å². The number of anilines is 1. The van der Waals surface area contributed by atoms with Crippen molar-refractivity contribution in [3.8, 4) is 0 Å². The van der Waals surface area contributed by atoms with Gasteiger partial charge in [-0.25, -0.2) is 0 Å². The maximum absolute atomic E-state index is 11.2. The van der Waals surface area contributed by atoms with Gasteiger partial charge in [-0.1, -0.05) is 19.1 Å². The number of amides is 1. The molecule has 116 valence electrons. The van der Waals surface area contributed by atoms with Gasteiger partial charge in [-0.3, -0.25) is 9.69 Å². The molecule has 5 heteroatoms. The first kappa shape index (κ1) is 15.8. The number of hydrogen-bond acceptors (Lipinski definition) is 4. The molecule has 1 amide bonds. The van der Waals surface area contributed by atoms with Crippen molar-refractivity contribution in [1.29, 1.82) is 0 Å². The normalized spacial score (nSPS) is 17.4. The van der Waals surface area contributed by atoms with Gasteiger partial charge in [0.05, 0.1) is 13.2 Å². The van der Waals surface area contributed by atoms with Crippen LogP contribution in [0.15, 0.2) is 24.3 Å². The molecule has 21 heavy (non-hydrogen) atoms. The maximum atomic E-state index is 11.2. The molecule has 0 spiro atoms. The lowest BCUT2D eigenvalue weighted by Crippen LogP contribution is -2.37. The fraction of sp³-hybridized carbons (Fsp3) is 0.562. The van der Waals surface area contributed by atoms with Crippen LogP contribution < -0.4 is 11.1 Å². The Balaban J connectivity index is 1.82. The summed E-state index contributed by atoms with van der Waals surface area (Å²) < 4.78 is 5.35. The molecule has 2 rings (SSSR count). The highest BCUT2D eigenvalue weighted by molar-refractivity contribution is 5.82. The van der Waals surface area contributed by atoms with Gasteiger partial charge >= 0.3 is 0 Å². The van der Waals surface area contributed by atoms with E-state index in [9.17, 15) is 4.79 Å². The fourth-order valence-corrected chi connectivity index (χ4v) is 2.46. The summed E-state index contributed by atoms with van der Waals surface area (Å²) in [4.78, 5) is 13.6. The van der Waals surface area contributed by atoms with Gasteiger partial charge in [0.25, 0.3) is 0 Å². The number of hydrogen-bond donors (Lipinski definition) is 2. The summed E-state index contributed by atoms with van der Waals surface area (Å²) in [5.41, 5.74) is 7.58. The van der Waals surface area contributed by atoms with Crippen LogP contribution in [-0.2, 0) is 16.0 Å². The van der Waals surface area contributed by atoms with E-state index in [-0.39, 0.29) is 11.9 Å². The van der Waals surface area contributed by atoms with Gasteiger partial charge in [-0.05, 0) is 30.5 Å². The van der Waals surface area contributed by atoms with Crippen LogP contribution in [0.4, 0.5) is 5.69 Å². The summed E-state index contributed by atoms with van der Waals surface area (Å²) in [7, 11) is 0. The van der Waals surface area contributed by atoms with Gasteiger partial charge in [0.15, 0.2) is 0 Å². The van der Waals surface area contributed by atoms with E-state index in [0.29, 0.717) is 6.42 Å². The highest BCUT2D eigenvalue weighted by Crippen LogP contribution is 2.13. The van der Waals surface area contributed by atoms with Gasteiger partial charge < -0.3 is 15.8 Å². The molecule has 0 radical (unpaired) electrons. The van der Waals surface area contributed by atoms with Crippen LogP contribution >= 0.6 is 0 Å². The molecule has 0 aromatic heterocycles. The average molecular weight is 291 g/mol. The molecule has 0 unspecified atom stereocenters. The molecule has 1 aromatic rings. The number of rotatable bonds is 7. The first-order valence-electron chi connectivity index (χ1n) is 7.64. The number of ether oxygens (including phenoxy) is 1. The Bertz CT molecular complexity index is 441. The summed E-state index contributed by atoms with van der Waals surface area (Å²) in [6.07, 6.45) is 1.72. The number of nitrogens with zero attached hydrogens (tertiary/aromatic N) is 1. The smallest absolute Gasteiger partial charge is 0.239 e. The topological polar surface area (TPSA) is 67.6 Å². The van der Waals surface area contributed by atoms with Gasteiger partial charge in [0, 0.05) is 25.3 Å². The zero-order valence-corrected chi connectivity index (χ0v) is 12.7. The lowest BCUT2D eigenvalue weighted by molar-refractivity contribution is -0.118. The molecule has 1 aliphatic rings. The van der Waals surface area contributed by atoms with Gasteiger partial charge in [0.1, 0.15) is 6.04 Å². The minimum absolute atomic E-state index is 0.302. The van der Waals surface area contributed by atoms with E-state index in [4.69, 9.17) is 10.5 Å². The van der Waals surface area contributed by atoms with E-state index in [0.717, 1.165) is 45.0 Å². The Kier molecular flexibility index (Phi) is 6.02. The van der Waals surface area contributed by atoms with Crippen molar-refractivity contribution >= 4 is 11.6 Å². The first-order chi connectivity index (χ1) is 10.2. The molecule has 1 saturated heterocycles. The summed E-state index contributed by atoms with van der Waals surface area (Å²) in [5.74, 6) is -0.311. The van der Waals surface area contributed by atoms with E-state index in [2.05, 4.69) is 22.3 Å². The second-order valence-electron chi connectivity index (χ2n) is 5.41. The molecule has 1 aliphatic heterocycles. The molecule has 1 fully saturated rings. The van der Waals surface area contributed by atoms with Crippen LogP contribution in [0.3, 0.4) is 0 Å². The molecule has 0 bridgehead atoms. The van der Waals surface area contributed by atoms with Crippen LogP contribution in [-0.4, -0.2) is 49.7 Å². The van der Waals surface area contributed by atoms with Crippen LogP contribution in [0.1, 0.15) is 18.9 Å². The second kappa shape index (κ2) is 8.00. The van der Waals surface area contributed by atoms with Gasteiger partial charge in [-0.15, -0.1) is 0 Å². The third kappa shape index (κ3) is 5.02. The number of morpholine rings is 1. The molecule has 0 saturated carbocycles. The van der Waals surface area contributed by atoms with Crippen LogP contribution in [0.2, 0.25) is 0 Å². The number of primary amides is 1. The summed E-state index contributed by atoms with van der Waals surface area (Å²) >= 11 is 0. The van der Waals surface area contributed by atoms with E-state index in [1.54, 1.807) is 0 Å². The SMILES string of the molecule is CC[C@@H](Nc1ccc(CCN2CCOCC2)cc1)C(N)=O. The van der Waals surface area contributed by atoms with Crippen LogP contribution in [0.25, 0.3) is 0 Å². The number of benzene rings is 1. The Hall–Kier alpha value is -1.59. The van der Waals surface area contributed by atoms with Crippen molar-refractivity contribution in [3.05, 3.63) is 29.8 Å². The first-order valence-corrected chi connectivity index (χ1v) is 7.64. The van der Waals surface area contributed by atoms with E-state index in [1.165, 1.54) is 5.56 Å². The van der Waals surface area contributed by atoms with Crippen molar-refractivity contribution in [2.24, 2.45) is 5.73 Å². The largest absolute Gasteiger partial charge is 0.379 e. The van der Waals surface area contributed by atoms with Gasteiger partial charge in [-0.2, -0.15) is 0 Å². The molecular weight excluding hydrogens is 266 g/mol. The number of carbonyl (C=O) groups is 1. The Morgan fingerprint density at radius 3 is 2.57 bits per heavy atom. The molecule has 1 heterocycles. The summed E-state index contributed by atoms with van der Waals surface area (Å²) in [6.45, 7) is 6.74. The minimum atomic E-state index is -0.311. The minimum Gasteiger partial charge on any atom is -0.379 e. The van der Waals surface area contributed by atoms with E-state index in [1.807, 2.05) is 19.1 Å². The maximum Gasteiger partial charge on any atom is 0.239 e. The number of nitrogens with one attached hydrogen (secondary N) is 1. The summed E-state index contributed by atoms with van der Waals surface area (Å²) in [5, 5.41) is 3.16. The fourth-order valence-electron chi connectivity index (χ4n) is 2.46. The monoisotopic (exact) mass is 291 g/mol. The molecule has 0 aliphatic carbocycles.